The van der Waals surface area contributed by atoms with Crippen molar-refractivity contribution in [1.82, 2.24) is 10.6 Å². The van der Waals surface area contributed by atoms with Crippen LogP contribution in [0.4, 0.5) is 4.79 Å². The minimum absolute atomic E-state index is 0.0347. The van der Waals surface area contributed by atoms with Gasteiger partial charge in [-0.1, -0.05) is 18.2 Å². The molecule has 6 nitrogen and oxygen atoms in total. The number of hydrogen-bond donors (Lipinski definition) is 2. The molecule has 2 amide bonds. The largest absolute Gasteiger partial charge is 0.496 e. The lowest BCUT2D eigenvalue weighted by Crippen LogP contribution is -2.43. The molecule has 21 heavy (non-hydrogen) atoms. The molecule has 0 saturated carbocycles. The minimum atomic E-state index is -2.97. The van der Waals surface area contributed by atoms with Crippen molar-refractivity contribution >= 4 is 15.9 Å². The number of carbonyl (C=O) groups is 1. The van der Waals surface area contributed by atoms with Gasteiger partial charge < -0.3 is 15.4 Å². The summed E-state index contributed by atoms with van der Waals surface area (Å²) in [5.74, 6) is 0.980. The molecule has 116 valence electrons. The smallest absolute Gasteiger partial charge is 0.315 e. The Morgan fingerprint density at radius 2 is 2.14 bits per heavy atom. The first-order chi connectivity index (χ1) is 10.00. The van der Waals surface area contributed by atoms with E-state index in [0.717, 1.165) is 11.3 Å². The van der Waals surface area contributed by atoms with Crippen molar-refractivity contribution in [3.8, 4) is 5.75 Å². The Morgan fingerprint density at radius 1 is 1.38 bits per heavy atom. The Kier molecular flexibility index (Phi) is 5.06. The van der Waals surface area contributed by atoms with Gasteiger partial charge in [0.2, 0.25) is 0 Å². The van der Waals surface area contributed by atoms with Crippen LogP contribution in [0.25, 0.3) is 0 Å². The number of amides is 2. The standard InChI is InChI=1S/C14H20N2O4S/c1-20-13-5-3-2-4-11(13)6-8-15-14(17)16-12-7-9-21(18,19)10-12/h2-5,12H,6-10H2,1H3,(H2,15,16,17). The van der Waals surface area contributed by atoms with E-state index in [0.29, 0.717) is 19.4 Å². The number of para-hydroxylation sites is 1. The number of hydrogen-bond acceptors (Lipinski definition) is 4. The minimum Gasteiger partial charge on any atom is -0.496 e. The summed E-state index contributed by atoms with van der Waals surface area (Å²) in [6.07, 6.45) is 1.14. The van der Waals surface area contributed by atoms with Crippen LogP contribution in [0.5, 0.6) is 5.75 Å². The predicted molar refractivity (Wildman–Crippen MR) is 80.3 cm³/mol. The lowest BCUT2D eigenvalue weighted by molar-refractivity contribution is 0.238. The van der Waals surface area contributed by atoms with Crippen LogP contribution in [0.2, 0.25) is 0 Å². The van der Waals surface area contributed by atoms with E-state index in [4.69, 9.17) is 4.74 Å². The van der Waals surface area contributed by atoms with Crippen LogP contribution in [0.3, 0.4) is 0 Å². The molecule has 1 aliphatic rings. The van der Waals surface area contributed by atoms with Crippen molar-refractivity contribution in [1.29, 1.82) is 0 Å². The molecular weight excluding hydrogens is 292 g/mol. The normalized spacial score (nSPS) is 20.0. The summed E-state index contributed by atoms with van der Waals surface area (Å²) in [6, 6.07) is 7.03. The van der Waals surface area contributed by atoms with Gasteiger partial charge in [0.05, 0.1) is 18.6 Å². The number of ether oxygens (including phenoxy) is 1. The van der Waals surface area contributed by atoms with E-state index in [1.54, 1.807) is 7.11 Å². The first kappa shape index (κ1) is 15.6. The van der Waals surface area contributed by atoms with E-state index in [1.165, 1.54) is 0 Å². The summed E-state index contributed by atoms with van der Waals surface area (Å²) in [6.45, 7) is 0.464. The quantitative estimate of drug-likeness (QED) is 0.839. The molecule has 1 heterocycles. The van der Waals surface area contributed by atoms with Crippen LogP contribution < -0.4 is 15.4 Å². The molecule has 1 aromatic carbocycles. The Bertz CT molecular complexity index is 601. The SMILES string of the molecule is COc1ccccc1CCNC(=O)NC1CCS(=O)(=O)C1. The molecule has 2 rings (SSSR count). The number of rotatable bonds is 5. The number of benzene rings is 1. The zero-order chi connectivity index (χ0) is 15.3. The molecule has 2 N–H and O–H groups in total. The number of urea groups is 1. The van der Waals surface area contributed by atoms with Crippen LogP contribution in [-0.4, -0.2) is 45.7 Å². The van der Waals surface area contributed by atoms with Gasteiger partial charge >= 0.3 is 6.03 Å². The highest BCUT2D eigenvalue weighted by Gasteiger charge is 2.28. The van der Waals surface area contributed by atoms with Gasteiger partial charge in [0.1, 0.15) is 5.75 Å². The molecule has 1 unspecified atom stereocenters. The second-order valence-electron chi connectivity index (χ2n) is 5.06. The van der Waals surface area contributed by atoms with Gasteiger partial charge in [-0.25, -0.2) is 13.2 Å². The maximum atomic E-state index is 11.7. The van der Waals surface area contributed by atoms with Crippen LogP contribution in [0.1, 0.15) is 12.0 Å². The molecule has 0 radical (unpaired) electrons. The van der Waals surface area contributed by atoms with Gasteiger partial charge in [-0.05, 0) is 24.5 Å². The number of nitrogens with one attached hydrogen (secondary N) is 2. The van der Waals surface area contributed by atoms with Crippen molar-refractivity contribution in [3.05, 3.63) is 29.8 Å². The zero-order valence-electron chi connectivity index (χ0n) is 12.0. The molecule has 1 fully saturated rings. The lowest BCUT2D eigenvalue weighted by atomic mass is 10.1. The summed E-state index contributed by atoms with van der Waals surface area (Å²) < 4.78 is 27.9. The molecule has 0 aliphatic carbocycles. The second kappa shape index (κ2) is 6.80. The zero-order valence-corrected chi connectivity index (χ0v) is 12.8. The number of carbonyl (C=O) groups excluding carboxylic acids is 1. The van der Waals surface area contributed by atoms with Crippen molar-refractivity contribution in [3.63, 3.8) is 0 Å². The average molecular weight is 312 g/mol. The highest BCUT2D eigenvalue weighted by atomic mass is 32.2. The maximum absolute atomic E-state index is 11.7. The van der Waals surface area contributed by atoms with E-state index < -0.39 is 9.84 Å². The molecule has 1 aliphatic heterocycles. The van der Waals surface area contributed by atoms with Gasteiger partial charge in [-0.15, -0.1) is 0 Å². The fraction of sp³-hybridized carbons (Fsp3) is 0.500. The molecule has 0 spiro atoms. The number of methoxy groups -OCH3 is 1. The summed E-state index contributed by atoms with van der Waals surface area (Å²) in [7, 11) is -1.36. The molecule has 7 heteroatoms. The maximum Gasteiger partial charge on any atom is 0.315 e. The third-order valence-corrected chi connectivity index (χ3v) is 5.21. The third-order valence-electron chi connectivity index (χ3n) is 3.44. The van der Waals surface area contributed by atoms with Crippen LogP contribution in [0, 0.1) is 0 Å². The summed E-state index contributed by atoms with van der Waals surface area (Å²) in [5.41, 5.74) is 1.02. The second-order valence-corrected chi connectivity index (χ2v) is 7.29. The van der Waals surface area contributed by atoms with Crippen molar-refractivity contribution < 1.29 is 17.9 Å². The molecular formula is C14H20N2O4S. The summed E-state index contributed by atoms with van der Waals surface area (Å²) >= 11 is 0. The van der Waals surface area contributed by atoms with Gasteiger partial charge in [0, 0.05) is 12.6 Å². The Morgan fingerprint density at radius 3 is 2.81 bits per heavy atom. The van der Waals surface area contributed by atoms with E-state index in [-0.39, 0.29) is 23.6 Å². The number of sulfone groups is 1. The van der Waals surface area contributed by atoms with Crippen LogP contribution in [0.15, 0.2) is 24.3 Å². The van der Waals surface area contributed by atoms with Gasteiger partial charge in [-0.2, -0.15) is 0 Å². The van der Waals surface area contributed by atoms with Crippen molar-refractivity contribution in [2.24, 2.45) is 0 Å². The monoisotopic (exact) mass is 312 g/mol. The van der Waals surface area contributed by atoms with E-state index in [1.807, 2.05) is 24.3 Å². The fourth-order valence-electron chi connectivity index (χ4n) is 2.37. The van der Waals surface area contributed by atoms with Crippen molar-refractivity contribution in [2.45, 2.75) is 18.9 Å². The molecule has 0 aromatic heterocycles. The fourth-order valence-corrected chi connectivity index (χ4v) is 4.04. The van der Waals surface area contributed by atoms with Gasteiger partial charge in [-0.3, -0.25) is 0 Å². The van der Waals surface area contributed by atoms with E-state index in [2.05, 4.69) is 10.6 Å². The van der Waals surface area contributed by atoms with Crippen molar-refractivity contribution in [2.75, 3.05) is 25.2 Å². The topological polar surface area (TPSA) is 84.5 Å². The average Bonchev–Trinajstić information content (AvgIpc) is 2.78. The van der Waals surface area contributed by atoms with E-state index in [9.17, 15) is 13.2 Å². The Hall–Kier alpha value is -1.76. The third kappa shape index (κ3) is 4.63. The molecule has 1 aromatic rings. The first-order valence-electron chi connectivity index (χ1n) is 6.87. The predicted octanol–water partition coefficient (Wildman–Crippen LogP) is 0.724. The molecule has 0 bridgehead atoms. The van der Waals surface area contributed by atoms with Crippen LogP contribution in [-0.2, 0) is 16.3 Å². The van der Waals surface area contributed by atoms with Gasteiger partial charge in [0.15, 0.2) is 9.84 Å². The first-order valence-corrected chi connectivity index (χ1v) is 8.69. The lowest BCUT2D eigenvalue weighted by Gasteiger charge is -2.13. The molecule has 1 saturated heterocycles. The summed E-state index contributed by atoms with van der Waals surface area (Å²) in [5, 5.41) is 5.43. The highest BCUT2D eigenvalue weighted by molar-refractivity contribution is 7.91. The van der Waals surface area contributed by atoms with E-state index >= 15 is 0 Å². The Balaban J connectivity index is 1.75. The Labute approximate surface area is 124 Å². The van der Waals surface area contributed by atoms with Gasteiger partial charge in [0.25, 0.3) is 0 Å². The highest BCUT2D eigenvalue weighted by Crippen LogP contribution is 2.17. The molecule has 1 atom stereocenters. The van der Waals surface area contributed by atoms with Crippen LogP contribution >= 0.6 is 0 Å². The summed E-state index contributed by atoms with van der Waals surface area (Å²) in [4.78, 5) is 11.7.